The van der Waals surface area contributed by atoms with Crippen LogP contribution >= 0.6 is 0 Å². The second-order valence-electron chi connectivity index (χ2n) is 5.80. The van der Waals surface area contributed by atoms with E-state index in [4.69, 9.17) is 4.74 Å². The van der Waals surface area contributed by atoms with E-state index in [1.54, 1.807) is 22.9 Å². The molecule has 0 unspecified atom stereocenters. The normalized spacial score (nSPS) is 16.0. The lowest BCUT2D eigenvalue weighted by Gasteiger charge is -2.33. The van der Waals surface area contributed by atoms with Crippen molar-refractivity contribution in [2.75, 3.05) is 39.5 Å². The Morgan fingerprint density at radius 1 is 1.16 bits per heavy atom. The van der Waals surface area contributed by atoms with Crippen LogP contribution in [0.2, 0.25) is 0 Å². The second kappa shape index (κ2) is 6.85. The molecule has 0 spiro atoms. The molecule has 1 saturated heterocycles. The van der Waals surface area contributed by atoms with E-state index in [1.165, 1.54) is 16.8 Å². The highest BCUT2D eigenvalue weighted by atomic mass is 32.2. The van der Waals surface area contributed by atoms with Crippen molar-refractivity contribution >= 4 is 15.9 Å². The lowest BCUT2D eigenvalue weighted by atomic mass is 10.2. The number of hydrogen-bond donors (Lipinski definition) is 0. The quantitative estimate of drug-likeness (QED) is 0.793. The van der Waals surface area contributed by atoms with Crippen LogP contribution in [0.4, 0.5) is 0 Å². The summed E-state index contributed by atoms with van der Waals surface area (Å²) in [7, 11) is -1.64. The number of amides is 1. The minimum Gasteiger partial charge on any atom is -0.494 e. The third kappa shape index (κ3) is 3.67. The molecule has 25 heavy (non-hydrogen) atoms. The molecule has 2 aromatic rings. The number of ether oxygens (including phenoxy) is 1. The van der Waals surface area contributed by atoms with Crippen molar-refractivity contribution in [1.29, 1.82) is 0 Å². The third-order valence-electron chi connectivity index (χ3n) is 4.16. The van der Waals surface area contributed by atoms with Crippen LogP contribution in [0.3, 0.4) is 0 Å². The summed E-state index contributed by atoms with van der Waals surface area (Å²) in [5, 5.41) is 4.25. The van der Waals surface area contributed by atoms with Gasteiger partial charge in [0.05, 0.1) is 25.1 Å². The van der Waals surface area contributed by atoms with Crippen LogP contribution in [0.15, 0.2) is 36.7 Å². The van der Waals surface area contributed by atoms with Crippen molar-refractivity contribution in [1.82, 2.24) is 19.0 Å². The molecule has 3 rings (SSSR count). The fourth-order valence-corrected chi connectivity index (χ4v) is 3.62. The fourth-order valence-electron chi connectivity index (χ4n) is 2.79. The van der Waals surface area contributed by atoms with Gasteiger partial charge in [0.2, 0.25) is 10.0 Å². The fraction of sp³-hybridized carbons (Fsp3) is 0.375. The summed E-state index contributed by atoms with van der Waals surface area (Å²) in [6.07, 6.45) is 4.35. The minimum atomic E-state index is -3.21. The van der Waals surface area contributed by atoms with Crippen LogP contribution in [0.5, 0.6) is 5.75 Å². The molecule has 1 aliphatic rings. The first-order chi connectivity index (χ1) is 11.9. The van der Waals surface area contributed by atoms with Gasteiger partial charge in [-0.25, -0.2) is 13.1 Å². The van der Waals surface area contributed by atoms with Gasteiger partial charge in [0.25, 0.3) is 5.91 Å². The smallest absolute Gasteiger partial charge is 0.257 e. The number of benzene rings is 1. The lowest BCUT2D eigenvalue weighted by Crippen LogP contribution is -2.50. The molecule has 0 N–H and O–H groups in total. The van der Waals surface area contributed by atoms with Gasteiger partial charge in [0.15, 0.2) is 0 Å². The summed E-state index contributed by atoms with van der Waals surface area (Å²) in [5.74, 6) is 0.501. The standard InChI is InChI=1S/C16H20N4O4S/c1-24-15-6-4-3-5-14(15)20-12-13(11-17-20)16(21)18-7-9-19(10-8-18)25(2,22)23/h3-6,11-12H,7-10H2,1-2H3. The summed E-state index contributed by atoms with van der Waals surface area (Å²) >= 11 is 0. The zero-order valence-electron chi connectivity index (χ0n) is 14.1. The molecule has 1 aromatic heterocycles. The number of carbonyl (C=O) groups excluding carboxylic acids is 1. The predicted molar refractivity (Wildman–Crippen MR) is 92.4 cm³/mol. The molecule has 1 amide bonds. The predicted octanol–water partition coefficient (Wildman–Crippen LogP) is 0.598. The largest absolute Gasteiger partial charge is 0.494 e. The van der Waals surface area contributed by atoms with Crippen LogP contribution in [0.25, 0.3) is 5.69 Å². The molecule has 1 aliphatic heterocycles. The van der Waals surface area contributed by atoms with Gasteiger partial charge in [-0.2, -0.15) is 9.40 Å². The van der Waals surface area contributed by atoms with Gasteiger partial charge in [-0.15, -0.1) is 0 Å². The Hall–Kier alpha value is -2.39. The van der Waals surface area contributed by atoms with Gasteiger partial charge in [-0.05, 0) is 12.1 Å². The number of para-hydroxylation sites is 2. The first-order valence-electron chi connectivity index (χ1n) is 7.82. The molecule has 9 heteroatoms. The van der Waals surface area contributed by atoms with Crippen LogP contribution in [0, 0.1) is 0 Å². The van der Waals surface area contributed by atoms with Gasteiger partial charge < -0.3 is 9.64 Å². The van der Waals surface area contributed by atoms with E-state index in [9.17, 15) is 13.2 Å². The zero-order valence-corrected chi connectivity index (χ0v) is 14.9. The Balaban J connectivity index is 1.74. The SMILES string of the molecule is COc1ccccc1-n1cc(C(=O)N2CCN(S(C)(=O)=O)CC2)cn1. The highest BCUT2D eigenvalue weighted by molar-refractivity contribution is 7.88. The monoisotopic (exact) mass is 364 g/mol. The summed E-state index contributed by atoms with van der Waals surface area (Å²) in [6.45, 7) is 1.36. The molecule has 2 heterocycles. The van der Waals surface area contributed by atoms with E-state index in [2.05, 4.69) is 5.10 Å². The summed E-state index contributed by atoms with van der Waals surface area (Å²) in [4.78, 5) is 14.3. The summed E-state index contributed by atoms with van der Waals surface area (Å²) in [6, 6.07) is 7.40. The average molecular weight is 364 g/mol. The molecule has 1 aromatic carbocycles. The number of rotatable bonds is 4. The van der Waals surface area contributed by atoms with Crippen LogP contribution in [0.1, 0.15) is 10.4 Å². The van der Waals surface area contributed by atoms with Crippen molar-refractivity contribution in [3.63, 3.8) is 0 Å². The van der Waals surface area contributed by atoms with E-state index < -0.39 is 10.0 Å². The second-order valence-corrected chi connectivity index (χ2v) is 7.78. The first kappa shape index (κ1) is 17.4. The number of aromatic nitrogens is 2. The Kier molecular flexibility index (Phi) is 4.78. The van der Waals surface area contributed by atoms with E-state index in [0.717, 1.165) is 5.69 Å². The Bertz CT molecular complexity index is 870. The third-order valence-corrected chi connectivity index (χ3v) is 5.46. The number of piperazine rings is 1. The maximum Gasteiger partial charge on any atom is 0.257 e. The summed E-state index contributed by atoms with van der Waals surface area (Å²) in [5.41, 5.74) is 1.20. The van der Waals surface area contributed by atoms with Crippen LogP contribution in [-0.2, 0) is 10.0 Å². The van der Waals surface area contributed by atoms with Crippen molar-refractivity contribution in [2.24, 2.45) is 0 Å². The Labute approximate surface area is 146 Å². The number of hydrogen-bond acceptors (Lipinski definition) is 5. The maximum absolute atomic E-state index is 12.6. The highest BCUT2D eigenvalue weighted by Gasteiger charge is 2.27. The van der Waals surface area contributed by atoms with Crippen LogP contribution in [-0.4, -0.2) is 72.9 Å². The number of sulfonamides is 1. The molecule has 1 fully saturated rings. The highest BCUT2D eigenvalue weighted by Crippen LogP contribution is 2.22. The van der Waals surface area contributed by atoms with Crippen molar-refractivity contribution in [3.05, 3.63) is 42.2 Å². The molecule has 0 saturated carbocycles. The Morgan fingerprint density at radius 2 is 1.84 bits per heavy atom. The number of carbonyl (C=O) groups is 1. The summed E-state index contributed by atoms with van der Waals surface area (Å²) < 4.78 is 31.4. The van der Waals surface area contributed by atoms with Crippen LogP contribution < -0.4 is 4.74 Å². The number of nitrogens with zero attached hydrogens (tertiary/aromatic N) is 4. The van der Waals surface area contributed by atoms with Gasteiger partial charge >= 0.3 is 0 Å². The molecule has 0 bridgehead atoms. The molecule has 134 valence electrons. The van der Waals surface area contributed by atoms with E-state index in [0.29, 0.717) is 37.5 Å². The van der Waals surface area contributed by atoms with Gasteiger partial charge in [0, 0.05) is 32.4 Å². The Morgan fingerprint density at radius 3 is 2.48 bits per heavy atom. The number of methoxy groups -OCH3 is 1. The van der Waals surface area contributed by atoms with Crippen molar-refractivity contribution < 1.29 is 17.9 Å². The zero-order chi connectivity index (χ0) is 18.0. The van der Waals surface area contributed by atoms with E-state index >= 15 is 0 Å². The van der Waals surface area contributed by atoms with Crippen molar-refractivity contribution in [3.8, 4) is 11.4 Å². The van der Waals surface area contributed by atoms with Crippen molar-refractivity contribution in [2.45, 2.75) is 0 Å². The molecule has 0 radical (unpaired) electrons. The van der Waals surface area contributed by atoms with Gasteiger partial charge in [0.1, 0.15) is 11.4 Å². The minimum absolute atomic E-state index is 0.158. The van der Waals surface area contributed by atoms with Gasteiger partial charge in [-0.3, -0.25) is 4.79 Å². The van der Waals surface area contributed by atoms with E-state index in [1.807, 2.05) is 24.3 Å². The maximum atomic E-state index is 12.6. The average Bonchev–Trinajstić information content (AvgIpc) is 3.10. The first-order valence-corrected chi connectivity index (χ1v) is 9.67. The molecule has 8 nitrogen and oxygen atoms in total. The van der Waals surface area contributed by atoms with Gasteiger partial charge in [-0.1, -0.05) is 12.1 Å². The molecule has 0 atom stereocenters. The van der Waals surface area contributed by atoms with E-state index in [-0.39, 0.29) is 5.91 Å². The molecular weight excluding hydrogens is 344 g/mol. The molecular formula is C16H20N4O4S. The topological polar surface area (TPSA) is 84.7 Å². The molecule has 0 aliphatic carbocycles. The lowest BCUT2D eigenvalue weighted by molar-refractivity contribution is 0.0698.